The highest BCUT2D eigenvalue weighted by molar-refractivity contribution is 5.41. The smallest absolute Gasteiger partial charge is 0.144 e. The lowest BCUT2D eigenvalue weighted by molar-refractivity contribution is 0.0814. The predicted molar refractivity (Wildman–Crippen MR) is 76.9 cm³/mol. The van der Waals surface area contributed by atoms with Gasteiger partial charge in [0.25, 0.3) is 0 Å². The van der Waals surface area contributed by atoms with Crippen LogP contribution in [0.15, 0.2) is 48.5 Å². The first-order valence-corrected chi connectivity index (χ1v) is 6.60. The number of ether oxygens (including phenoxy) is 1. The Kier molecular flexibility index (Phi) is 3.35. The van der Waals surface area contributed by atoms with Gasteiger partial charge in [-0.25, -0.2) is 0 Å². The average molecular weight is 248 g/mol. The second-order valence-electron chi connectivity index (χ2n) is 4.84. The van der Waals surface area contributed by atoms with E-state index in [0.717, 1.165) is 18.6 Å². The van der Waals surface area contributed by atoms with Gasteiger partial charge in [-0.15, -0.1) is 0 Å². The summed E-state index contributed by atoms with van der Waals surface area (Å²) in [7, 11) is 0. The Balaban J connectivity index is 1.90. The Labute approximate surface area is 114 Å². The highest BCUT2D eigenvalue weighted by atomic mass is 16.5. The van der Waals surface area contributed by atoms with E-state index >= 15 is 0 Å². The van der Waals surface area contributed by atoms with Crippen LogP contribution >= 0.6 is 0 Å². The molecule has 1 aliphatic heterocycles. The van der Waals surface area contributed by atoms with Gasteiger partial charge in [0.15, 0.2) is 0 Å². The van der Waals surface area contributed by atoms with E-state index in [9.17, 15) is 0 Å². The zero-order valence-corrected chi connectivity index (χ0v) is 11.0. The van der Waals surface area contributed by atoms with E-state index in [4.69, 9.17) is 4.74 Å². The second kappa shape index (κ2) is 5.30. The van der Waals surface area contributed by atoms with Gasteiger partial charge in [0, 0.05) is 5.56 Å². The molecule has 0 radical (unpaired) electrons. The van der Waals surface area contributed by atoms with Gasteiger partial charge in [-0.2, -0.15) is 0 Å². The molecule has 2 aromatic rings. The fourth-order valence-corrected chi connectivity index (χ4v) is 2.39. The number of benzene rings is 2. The first-order chi connectivity index (χ1) is 9.33. The molecule has 0 bridgehead atoms. The van der Waals surface area contributed by atoms with Crippen molar-refractivity contribution in [3.05, 3.63) is 70.8 Å². The van der Waals surface area contributed by atoms with E-state index in [0.29, 0.717) is 0 Å². The standard InChI is InChI=1S/C18H16O/c1-14-5-4-6-15(13-14)9-10-18-17-8-3-2-7-16(17)11-12-19-18/h2-8,13,18H,11-12H2,1H3/t18-/m1/s1. The Morgan fingerprint density at radius 1 is 1.11 bits per heavy atom. The molecule has 1 heteroatoms. The van der Waals surface area contributed by atoms with Crippen LogP contribution in [-0.2, 0) is 11.2 Å². The molecule has 2 aromatic carbocycles. The minimum absolute atomic E-state index is 0.0922. The van der Waals surface area contributed by atoms with Crippen LogP contribution in [0.1, 0.15) is 28.4 Å². The molecule has 0 aromatic heterocycles. The molecule has 0 fully saturated rings. The van der Waals surface area contributed by atoms with E-state index in [1.807, 2.05) is 12.1 Å². The molecule has 3 rings (SSSR count). The summed E-state index contributed by atoms with van der Waals surface area (Å²) in [4.78, 5) is 0. The minimum Gasteiger partial charge on any atom is -0.360 e. The van der Waals surface area contributed by atoms with Crippen LogP contribution in [0.3, 0.4) is 0 Å². The van der Waals surface area contributed by atoms with Crippen molar-refractivity contribution >= 4 is 0 Å². The van der Waals surface area contributed by atoms with Gasteiger partial charge in [-0.3, -0.25) is 0 Å². The third-order valence-electron chi connectivity index (χ3n) is 3.36. The van der Waals surface area contributed by atoms with Gasteiger partial charge in [0.2, 0.25) is 0 Å². The fourth-order valence-electron chi connectivity index (χ4n) is 2.39. The highest BCUT2D eigenvalue weighted by Crippen LogP contribution is 2.26. The molecular weight excluding hydrogens is 232 g/mol. The molecule has 0 saturated heterocycles. The summed E-state index contributed by atoms with van der Waals surface area (Å²) in [6.07, 6.45) is 0.893. The fraction of sp³-hybridized carbons (Fsp3) is 0.222. The molecular formula is C18H16O. The van der Waals surface area contributed by atoms with Crippen LogP contribution in [0.25, 0.3) is 0 Å². The van der Waals surface area contributed by atoms with Crippen LogP contribution in [0.2, 0.25) is 0 Å². The van der Waals surface area contributed by atoms with Crippen molar-refractivity contribution in [1.82, 2.24) is 0 Å². The molecule has 0 unspecified atom stereocenters. The van der Waals surface area contributed by atoms with E-state index in [-0.39, 0.29) is 6.10 Å². The van der Waals surface area contributed by atoms with Gasteiger partial charge in [-0.05, 0) is 42.2 Å². The van der Waals surface area contributed by atoms with Crippen LogP contribution in [0.4, 0.5) is 0 Å². The number of hydrogen-bond acceptors (Lipinski definition) is 1. The van der Waals surface area contributed by atoms with Crippen LogP contribution in [0.5, 0.6) is 0 Å². The first-order valence-electron chi connectivity index (χ1n) is 6.60. The zero-order chi connectivity index (χ0) is 13.1. The molecule has 1 heterocycles. The quantitative estimate of drug-likeness (QED) is 0.646. The number of rotatable bonds is 0. The highest BCUT2D eigenvalue weighted by Gasteiger charge is 2.17. The van der Waals surface area contributed by atoms with E-state index in [2.05, 4.69) is 55.2 Å². The minimum atomic E-state index is -0.0922. The van der Waals surface area contributed by atoms with Crippen molar-refractivity contribution in [2.75, 3.05) is 6.61 Å². The molecule has 0 amide bonds. The topological polar surface area (TPSA) is 9.23 Å². The predicted octanol–water partition coefficient (Wildman–Crippen LogP) is 3.66. The van der Waals surface area contributed by atoms with Crippen LogP contribution in [-0.4, -0.2) is 6.61 Å². The summed E-state index contributed by atoms with van der Waals surface area (Å²) in [5.41, 5.74) is 4.86. The second-order valence-corrected chi connectivity index (χ2v) is 4.84. The maximum Gasteiger partial charge on any atom is 0.144 e. The zero-order valence-electron chi connectivity index (χ0n) is 11.0. The third kappa shape index (κ3) is 2.70. The van der Waals surface area contributed by atoms with Gasteiger partial charge in [0.1, 0.15) is 6.10 Å². The van der Waals surface area contributed by atoms with Crippen molar-refractivity contribution < 1.29 is 4.74 Å². The molecule has 0 spiro atoms. The maximum atomic E-state index is 5.78. The number of fused-ring (bicyclic) bond motifs is 1. The SMILES string of the molecule is Cc1cccc(C#C[C@H]2OCCc3ccccc32)c1. The van der Waals surface area contributed by atoms with Crippen LogP contribution in [0, 0.1) is 18.8 Å². The van der Waals surface area contributed by atoms with Gasteiger partial charge >= 0.3 is 0 Å². The normalized spacial score (nSPS) is 17.2. The third-order valence-corrected chi connectivity index (χ3v) is 3.36. The van der Waals surface area contributed by atoms with Crippen molar-refractivity contribution in [1.29, 1.82) is 0 Å². The van der Waals surface area contributed by atoms with Crippen molar-refractivity contribution in [2.24, 2.45) is 0 Å². The molecule has 0 aliphatic carbocycles. The van der Waals surface area contributed by atoms with Gasteiger partial charge in [0.05, 0.1) is 6.61 Å². The average Bonchev–Trinajstić information content (AvgIpc) is 2.45. The summed E-state index contributed by atoms with van der Waals surface area (Å²) in [5.74, 6) is 6.47. The van der Waals surface area contributed by atoms with Gasteiger partial charge in [-0.1, -0.05) is 48.2 Å². The molecule has 1 atom stereocenters. The summed E-state index contributed by atoms with van der Waals surface area (Å²) < 4.78 is 5.78. The first kappa shape index (κ1) is 12.0. The maximum absolute atomic E-state index is 5.78. The molecule has 94 valence electrons. The largest absolute Gasteiger partial charge is 0.360 e. The summed E-state index contributed by atoms with van der Waals surface area (Å²) in [6, 6.07) is 16.7. The Bertz CT molecular complexity index is 646. The van der Waals surface area contributed by atoms with Crippen molar-refractivity contribution in [3.8, 4) is 11.8 Å². The molecule has 19 heavy (non-hydrogen) atoms. The Morgan fingerprint density at radius 2 is 2.00 bits per heavy atom. The lowest BCUT2D eigenvalue weighted by Gasteiger charge is -2.21. The van der Waals surface area contributed by atoms with Gasteiger partial charge < -0.3 is 4.74 Å². The summed E-state index contributed by atoms with van der Waals surface area (Å²) in [5, 5.41) is 0. The Hall–Kier alpha value is -2.04. The molecule has 1 aliphatic rings. The summed E-state index contributed by atoms with van der Waals surface area (Å²) >= 11 is 0. The van der Waals surface area contributed by atoms with E-state index in [1.165, 1.54) is 16.7 Å². The van der Waals surface area contributed by atoms with E-state index < -0.39 is 0 Å². The molecule has 1 nitrogen and oxygen atoms in total. The molecule has 0 N–H and O–H groups in total. The number of aryl methyl sites for hydroxylation is 1. The summed E-state index contributed by atoms with van der Waals surface area (Å²) in [6.45, 7) is 2.84. The molecule has 0 saturated carbocycles. The Morgan fingerprint density at radius 3 is 2.89 bits per heavy atom. The van der Waals surface area contributed by atoms with Crippen molar-refractivity contribution in [3.63, 3.8) is 0 Å². The number of hydrogen-bond donors (Lipinski definition) is 0. The lowest BCUT2D eigenvalue weighted by atomic mass is 9.98. The van der Waals surface area contributed by atoms with Crippen LogP contribution < -0.4 is 0 Å². The van der Waals surface area contributed by atoms with E-state index in [1.54, 1.807) is 0 Å². The monoisotopic (exact) mass is 248 g/mol. The van der Waals surface area contributed by atoms with Crippen molar-refractivity contribution in [2.45, 2.75) is 19.4 Å². The lowest BCUT2D eigenvalue weighted by Crippen LogP contribution is -2.14.